The quantitative estimate of drug-likeness (QED) is 0.428. The molecule has 0 aliphatic carbocycles. The van der Waals surface area contributed by atoms with Crippen LogP contribution in [-0.4, -0.2) is 72.1 Å². The van der Waals surface area contributed by atoms with Gasteiger partial charge in [0.05, 0.1) is 14.2 Å². The highest BCUT2D eigenvalue weighted by Crippen LogP contribution is 2.27. The molecule has 1 atom stereocenters. The van der Waals surface area contributed by atoms with Gasteiger partial charge >= 0.3 is 0 Å². The number of rotatable bonds is 10. The lowest BCUT2D eigenvalue weighted by Crippen LogP contribution is -2.45. The van der Waals surface area contributed by atoms with Crippen molar-refractivity contribution in [3.63, 3.8) is 0 Å². The molecule has 9 heteroatoms. The number of aromatic nitrogens is 3. The predicted molar refractivity (Wildman–Crippen MR) is 126 cm³/mol. The highest BCUT2D eigenvalue weighted by atomic mass is 16.5. The van der Waals surface area contributed by atoms with E-state index in [9.17, 15) is 0 Å². The van der Waals surface area contributed by atoms with Crippen molar-refractivity contribution in [1.29, 1.82) is 0 Å². The molecule has 2 aromatic rings. The molecule has 1 fully saturated rings. The Kier molecular flexibility index (Phi) is 8.72. The number of likely N-dealkylation sites (tertiary alicyclic amines) is 1. The number of nitrogens with zero attached hydrogens (tertiary/aromatic N) is 5. The van der Waals surface area contributed by atoms with E-state index in [2.05, 4.69) is 38.7 Å². The van der Waals surface area contributed by atoms with E-state index in [1.807, 2.05) is 30.7 Å². The van der Waals surface area contributed by atoms with Gasteiger partial charge in [-0.1, -0.05) is 13.0 Å². The van der Waals surface area contributed by atoms with Gasteiger partial charge < -0.3 is 24.7 Å². The third kappa shape index (κ3) is 6.12. The molecule has 0 saturated carbocycles. The topological polar surface area (TPSA) is 88.8 Å². The smallest absolute Gasteiger partial charge is 0.191 e. The van der Waals surface area contributed by atoms with Crippen LogP contribution in [0.25, 0.3) is 0 Å². The van der Waals surface area contributed by atoms with Gasteiger partial charge in [0.15, 0.2) is 23.3 Å². The Morgan fingerprint density at radius 1 is 1.19 bits per heavy atom. The molecule has 0 amide bonds. The Labute approximate surface area is 191 Å². The fraction of sp³-hybridized carbons (Fsp3) is 0.609. The third-order valence-electron chi connectivity index (χ3n) is 6.13. The van der Waals surface area contributed by atoms with Crippen LogP contribution in [0.4, 0.5) is 0 Å². The highest BCUT2D eigenvalue weighted by molar-refractivity contribution is 5.79. The largest absolute Gasteiger partial charge is 0.493 e. The molecular formula is C23H37N7O2. The van der Waals surface area contributed by atoms with Crippen molar-refractivity contribution < 1.29 is 9.47 Å². The van der Waals surface area contributed by atoms with Gasteiger partial charge in [-0.05, 0) is 57.0 Å². The summed E-state index contributed by atoms with van der Waals surface area (Å²) in [5, 5.41) is 15.4. The van der Waals surface area contributed by atoms with Gasteiger partial charge in [-0.2, -0.15) is 0 Å². The van der Waals surface area contributed by atoms with Gasteiger partial charge in [0, 0.05) is 26.2 Å². The first-order valence-electron chi connectivity index (χ1n) is 11.4. The standard InChI is InChI=1S/C23H37N7O2/c1-6-30-13-7-8-19(30)15-25-23(26-16-22-28-27-17(2)29(22)3)24-12-11-18-9-10-20(31-4)21(14-18)32-5/h9-10,14,19H,6-8,11-13,15-16H2,1-5H3,(H2,24,25,26). The summed E-state index contributed by atoms with van der Waals surface area (Å²) in [6.07, 6.45) is 3.33. The SMILES string of the molecule is CCN1CCCC1CNC(=NCc1nnc(C)n1C)NCCc1ccc(OC)c(OC)c1. The molecule has 1 saturated heterocycles. The predicted octanol–water partition coefficient (Wildman–Crippen LogP) is 1.90. The second-order valence-electron chi connectivity index (χ2n) is 8.06. The summed E-state index contributed by atoms with van der Waals surface area (Å²) >= 11 is 0. The summed E-state index contributed by atoms with van der Waals surface area (Å²) in [6, 6.07) is 6.57. The molecular weight excluding hydrogens is 406 g/mol. The van der Waals surface area contributed by atoms with E-state index in [1.165, 1.54) is 24.9 Å². The number of ether oxygens (including phenoxy) is 2. The number of hydrogen-bond acceptors (Lipinski definition) is 6. The Morgan fingerprint density at radius 3 is 2.69 bits per heavy atom. The Bertz CT molecular complexity index is 896. The van der Waals surface area contributed by atoms with E-state index in [1.54, 1.807) is 14.2 Å². The van der Waals surface area contributed by atoms with Crippen molar-refractivity contribution >= 4 is 5.96 Å². The summed E-state index contributed by atoms with van der Waals surface area (Å²) in [5.41, 5.74) is 1.17. The molecule has 3 rings (SSSR count). The van der Waals surface area contributed by atoms with Crippen molar-refractivity contribution in [3.05, 3.63) is 35.4 Å². The lowest BCUT2D eigenvalue weighted by Gasteiger charge is -2.24. The van der Waals surface area contributed by atoms with E-state index in [-0.39, 0.29) is 0 Å². The molecule has 176 valence electrons. The van der Waals surface area contributed by atoms with Crippen molar-refractivity contribution in [3.8, 4) is 11.5 Å². The third-order valence-corrected chi connectivity index (χ3v) is 6.13. The van der Waals surface area contributed by atoms with Gasteiger partial charge in [-0.3, -0.25) is 4.90 Å². The second-order valence-corrected chi connectivity index (χ2v) is 8.06. The number of hydrogen-bond donors (Lipinski definition) is 2. The molecule has 1 aromatic carbocycles. The Morgan fingerprint density at radius 2 is 2.00 bits per heavy atom. The molecule has 2 heterocycles. The van der Waals surface area contributed by atoms with Crippen LogP contribution in [0.5, 0.6) is 11.5 Å². The van der Waals surface area contributed by atoms with Crippen LogP contribution in [0, 0.1) is 6.92 Å². The first kappa shape index (κ1) is 23.8. The molecule has 0 radical (unpaired) electrons. The minimum atomic E-state index is 0.477. The highest BCUT2D eigenvalue weighted by Gasteiger charge is 2.22. The maximum Gasteiger partial charge on any atom is 0.191 e. The molecule has 1 aromatic heterocycles. The van der Waals surface area contributed by atoms with E-state index in [4.69, 9.17) is 14.5 Å². The van der Waals surface area contributed by atoms with Crippen LogP contribution < -0.4 is 20.1 Å². The van der Waals surface area contributed by atoms with Crippen molar-refractivity contribution in [2.75, 3.05) is 40.4 Å². The van der Waals surface area contributed by atoms with Crippen LogP contribution in [0.15, 0.2) is 23.2 Å². The molecule has 0 spiro atoms. The van der Waals surface area contributed by atoms with Gasteiger partial charge in [0.25, 0.3) is 0 Å². The van der Waals surface area contributed by atoms with Crippen molar-refractivity contribution in [1.82, 2.24) is 30.3 Å². The van der Waals surface area contributed by atoms with Crippen LogP contribution >= 0.6 is 0 Å². The zero-order valence-electron chi connectivity index (χ0n) is 20.0. The minimum Gasteiger partial charge on any atom is -0.493 e. The van der Waals surface area contributed by atoms with Crippen LogP contribution in [0.1, 0.15) is 37.0 Å². The van der Waals surface area contributed by atoms with Gasteiger partial charge in [0.1, 0.15) is 12.4 Å². The lowest BCUT2D eigenvalue weighted by molar-refractivity contribution is 0.267. The second kappa shape index (κ2) is 11.7. The molecule has 32 heavy (non-hydrogen) atoms. The fourth-order valence-electron chi connectivity index (χ4n) is 4.03. The summed E-state index contributed by atoms with van der Waals surface area (Å²) in [6.45, 7) is 8.55. The van der Waals surface area contributed by atoms with Gasteiger partial charge in [0.2, 0.25) is 0 Å². The zero-order chi connectivity index (χ0) is 22.9. The summed E-state index contributed by atoms with van der Waals surface area (Å²) < 4.78 is 12.7. The normalized spacial score (nSPS) is 16.9. The van der Waals surface area contributed by atoms with Crippen LogP contribution in [0.3, 0.4) is 0 Å². The average molecular weight is 444 g/mol. The number of guanidine groups is 1. The Hall–Kier alpha value is -2.81. The molecule has 1 aliphatic heterocycles. The van der Waals surface area contributed by atoms with E-state index >= 15 is 0 Å². The molecule has 2 N–H and O–H groups in total. The minimum absolute atomic E-state index is 0.477. The average Bonchev–Trinajstić information content (AvgIpc) is 3.41. The molecule has 9 nitrogen and oxygen atoms in total. The van der Waals surface area contributed by atoms with Crippen LogP contribution in [-0.2, 0) is 20.0 Å². The van der Waals surface area contributed by atoms with E-state index in [0.717, 1.165) is 55.2 Å². The number of benzene rings is 1. The monoisotopic (exact) mass is 443 g/mol. The van der Waals surface area contributed by atoms with Gasteiger partial charge in [-0.15, -0.1) is 10.2 Å². The first-order valence-corrected chi connectivity index (χ1v) is 11.4. The van der Waals surface area contributed by atoms with Crippen LogP contribution in [0.2, 0.25) is 0 Å². The first-order chi connectivity index (χ1) is 15.5. The van der Waals surface area contributed by atoms with Gasteiger partial charge in [-0.25, -0.2) is 4.99 Å². The molecule has 0 bridgehead atoms. The molecule has 1 aliphatic rings. The number of methoxy groups -OCH3 is 2. The summed E-state index contributed by atoms with van der Waals surface area (Å²) in [5.74, 6) is 4.02. The number of likely N-dealkylation sites (N-methyl/N-ethyl adjacent to an activating group) is 1. The maximum absolute atomic E-state index is 5.42. The number of nitrogens with one attached hydrogen (secondary N) is 2. The summed E-state index contributed by atoms with van der Waals surface area (Å²) in [4.78, 5) is 7.31. The number of aryl methyl sites for hydroxylation is 1. The molecule has 1 unspecified atom stereocenters. The maximum atomic E-state index is 5.42. The van der Waals surface area contributed by atoms with E-state index < -0.39 is 0 Å². The van der Waals surface area contributed by atoms with E-state index in [0.29, 0.717) is 12.6 Å². The van der Waals surface area contributed by atoms with Crippen molar-refractivity contribution in [2.24, 2.45) is 12.0 Å². The number of aliphatic imine (C=N–C) groups is 1. The lowest BCUT2D eigenvalue weighted by atomic mass is 10.1. The zero-order valence-corrected chi connectivity index (χ0v) is 20.0. The van der Waals surface area contributed by atoms with Crippen molar-refractivity contribution in [2.45, 2.75) is 45.7 Å². The fourth-order valence-corrected chi connectivity index (χ4v) is 4.03. The Balaban J connectivity index is 1.62. The summed E-state index contributed by atoms with van der Waals surface area (Å²) in [7, 11) is 5.27.